The lowest BCUT2D eigenvalue weighted by Crippen LogP contribution is -2.30. The molecular formula is C24H24N4O. The Morgan fingerprint density at radius 1 is 0.586 bits per heavy atom. The molecule has 2 aliphatic rings. The maximum Gasteiger partial charge on any atom is 0.135 e. The molecule has 2 aliphatic heterocycles. The van der Waals surface area contributed by atoms with E-state index >= 15 is 0 Å². The van der Waals surface area contributed by atoms with Crippen LogP contribution in [0.5, 0.6) is 0 Å². The van der Waals surface area contributed by atoms with E-state index in [1.807, 2.05) is 36.4 Å². The largest absolute Gasteiger partial charge is 0.456 e. The van der Waals surface area contributed by atoms with E-state index in [2.05, 4.69) is 44.9 Å². The predicted octanol–water partition coefficient (Wildman–Crippen LogP) is 4.09. The molecule has 0 saturated heterocycles. The lowest BCUT2D eigenvalue weighted by molar-refractivity contribution is 0.597. The minimum Gasteiger partial charge on any atom is -0.456 e. The first-order chi connectivity index (χ1) is 14.4. The average molecular weight is 384 g/mol. The fourth-order valence-corrected chi connectivity index (χ4v) is 3.86. The van der Waals surface area contributed by atoms with Gasteiger partial charge in [-0.15, -0.1) is 0 Å². The highest BCUT2D eigenvalue weighted by molar-refractivity contribution is 6.05. The summed E-state index contributed by atoms with van der Waals surface area (Å²) >= 11 is 0. The first-order valence-corrected chi connectivity index (χ1v) is 10.3. The fourth-order valence-electron chi connectivity index (χ4n) is 3.86. The maximum absolute atomic E-state index is 6.35. The van der Waals surface area contributed by atoms with Crippen molar-refractivity contribution in [2.45, 2.75) is 12.8 Å². The van der Waals surface area contributed by atoms with E-state index in [-0.39, 0.29) is 0 Å². The zero-order valence-electron chi connectivity index (χ0n) is 16.3. The highest BCUT2D eigenvalue weighted by Gasteiger charge is 2.18. The summed E-state index contributed by atoms with van der Waals surface area (Å²) in [6, 6.07) is 20.7. The van der Waals surface area contributed by atoms with Gasteiger partial charge in [0, 0.05) is 48.4 Å². The molecule has 5 rings (SSSR count). The van der Waals surface area contributed by atoms with Crippen LogP contribution in [0.25, 0.3) is 22.6 Å². The number of hydrogen-bond acceptors (Lipinski definition) is 5. The number of rotatable bonds is 4. The summed E-state index contributed by atoms with van der Waals surface area (Å²) in [5.41, 5.74) is 4.27. The van der Waals surface area contributed by atoms with Gasteiger partial charge < -0.3 is 15.1 Å². The van der Waals surface area contributed by atoms with Crippen LogP contribution in [0, 0.1) is 0 Å². The quantitative estimate of drug-likeness (QED) is 0.712. The van der Waals surface area contributed by atoms with Crippen molar-refractivity contribution in [3.63, 3.8) is 0 Å². The number of benzene rings is 2. The molecule has 0 radical (unpaired) electrons. The Hall–Kier alpha value is -3.34. The van der Waals surface area contributed by atoms with Crippen molar-refractivity contribution in [1.29, 1.82) is 0 Å². The van der Waals surface area contributed by atoms with Crippen LogP contribution in [-0.2, 0) is 0 Å². The van der Waals surface area contributed by atoms with Gasteiger partial charge in [0.2, 0.25) is 0 Å². The molecule has 3 aromatic rings. The van der Waals surface area contributed by atoms with Crippen LogP contribution >= 0.6 is 0 Å². The van der Waals surface area contributed by atoms with Crippen LogP contribution < -0.4 is 10.6 Å². The Morgan fingerprint density at radius 3 is 1.45 bits per heavy atom. The molecule has 5 heteroatoms. The molecule has 0 atom stereocenters. The minimum absolute atomic E-state index is 0.846. The summed E-state index contributed by atoms with van der Waals surface area (Å²) in [6.07, 6.45) is 2.15. The Morgan fingerprint density at radius 2 is 1.03 bits per heavy atom. The molecule has 0 fully saturated rings. The molecule has 0 aliphatic carbocycles. The summed E-state index contributed by atoms with van der Waals surface area (Å²) in [4.78, 5) is 9.33. The molecule has 0 saturated carbocycles. The van der Waals surface area contributed by atoms with E-state index in [4.69, 9.17) is 4.42 Å². The maximum atomic E-state index is 6.35. The van der Waals surface area contributed by atoms with Gasteiger partial charge in [0.05, 0.1) is 0 Å². The van der Waals surface area contributed by atoms with Gasteiger partial charge in [-0.2, -0.15) is 0 Å². The van der Waals surface area contributed by atoms with Crippen LogP contribution in [0.1, 0.15) is 24.0 Å². The van der Waals surface area contributed by atoms with Crippen molar-refractivity contribution in [1.82, 2.24) is 10.6 Å². The SMILES string of the molecule is c1ccc(-c2ccc(-c3ccccc3C3=NCCCN3)o2)c(C2=NCCCN2)c1. The van der Waals surface area contributed by atoms with Crippen molar-refractivity contribution >= 4 is 11.7 Å². The fraction of sp³-hybridized carbons (Fsp3) is 0.250. The molecule has 2 aromatic carbocycles. The van der Waals surface area contributed by atoms with Gasteiger partial charge in [0.25, 0.3) is 0 Å². The molecule has 29 heavy (non-hydrogen) atoms. The Balaban J connectivity index is 1.54. The predicted molar refractivity (Wildman–Crippen MR) is 118 cm³/mol. The molecule has 3 heterocycles. The first-order valence-electron chi connectivity index (χ1n) is 10.3. The monoisotopic (exact) mass is 384 g/mol. The van der Waals surface area contributed by atoms with Gasteiger partial charge in [-0.1, -0.05) is 48.5 Å². The van der Waals surface area contributed by atoms with Gasteiger partial charge in [0.1, 0.15) is 23.2 Å². The zero-order valence-corrected chi connectivity index (χ0v) is 16.3. The van der Waals surface area contributed by atoms with Crippen LogP contribution in [0.4, 0.5) is 0 Å². The summed E-state index contributed by atoms with van der Waals surface area (Å²) in [5, 5.41) is 6.84. The van der Waals surface area contributed by atoms with Crippen molar-refractivity contribution in [3.8, 4) is 22.6 Å². The average Bonchev–Trinajstić information content (AvgIpc) is 3.30. The van der Waals surface area contributed by atoms with Gasteiger partial charge >= 0.3 is 0 Å². The Bertz CT molecular complexity index is 996. The van der Waals surface area contributed by atoms with Crippen LogP contribution in [-0.4, -0.2) is 37.9 Å². The van der Waals surface area contributed by atoms with E-state index in [1.54, 1.807) is 0 Å². The minimum atomic E-state index is 0.846. The summed E-state index contributed by atoms with van der Waals surface area (Å²) < 4.78 is 6.35. The molecule has 0 bridgehead atoms. The number of aliphatic imine (C=N–C) groups is 2. The summed E-state index contributed by atoms with van der Waals surface area (Å²) in [6.45, 7) is 3.64. The van der Waals surface area contributed by atoms with E-state index in [1.165, 1.54) is 0 Å². The number of nitrogens with zero attached hydrogens (tertiary/aromatic N) is 2. The van der Waals surface area contributed by atoms with Crippen molar-refractivity contribution < 1.29 is 4.42 Å². The second kappa shape index (κ2) is 7.95. The Labute approximate surface area is 170 Å². The molecule has 5 nitrogen and oxygen atoms in total. The van der Waals surface area contributed by atoms with Gasteiger partial charge in [-0.3, -0.25) is 9.98 Å². The van der Waals surface area contributed by atoms with Crippen molar-refractivity contribution in [2.75, 3.05) is 26.2 Å². The van der Waals surface area contributed by atoms with Crippen LogP contribution in [0.15, 0.2) is 75.1 Å². The molecule has 0 amide bonds. The van der Waals surface area contributed by atoms with Crippen LogP contribution in [0.2, 0.25) is 0 Å². The van der Waals surface area contributed by atoms with Gasteiger partial charge in [-0.05, 0) is 25.0 Å². The standard InChI is InChI=1S/C24H24N4O/c1-3-9-19(23-25-13-5-14-26-23)17(7-1)21-11-12-22(29-21)18-8-2-4-10-20(18)24-27-15-6-16-28-24/h1-4,7-12H,5-6,13-16H2,(H,25,26)(H,27,28). The molecule has 1 aromatic heterocycles. The lowest BCUT2D eigenvalue weighted by Gasteiger charge is -2.17. The summed E-state index contributed by atoms with van der Waals surface area (Å²) in [7, 11) is 0. The smallest absolute Gasteiger partial charge is 0.135 e. The number of nitrogens with one attached hydrogen (secondary N) is 2. The van der Waals surface area contributed by atoms with E-state index < -0.39 is 0 Å². The highest BCUT2D eigenvalue weighted by atomic mass is 16.3. The number of amidine groups is 2. The highest BCUT2D eigenvalue weighted by Crippen LogP contribution is 2.32. The molecule has 0 spiro atoms. The molecule has 0 unspecified atom stereocenters. The second-order valence-electron chi connectivity index (χ2n) is 7.28. The lowest BCUT2D eigenvalue weighted by atomic mass is 10.0. The summed E-state index contributed by atoms with van der Waals surface area (Å²) in [5.74, 6) is 3.59. The van der Waals surface area contributed by atoms with E-state index in [9.17, 15) is 0 Å². The second-order valence-corrected chi connectivity index (χ2v) is 7.28. The first kappa shape index (κ1) is 17.7. The zero-order chi connectivity index (χ0) is 19.5. The van der Waals surface area contributed by atoms with Gasteiger partial charge in [0.15, 0.2) is 0 Å². The van der Waals surface area contributed by atoms with E-state index in [0.29, 0.717) is 0 Å². The van der Waals surface area contributed by atoms with Crippen molar-refractivity contribution in [2.24, 2.45) is 9.98 Å². The third-order valence-corrected chi connectivity index (χ3v) is 5.30. The topological polar surface area (TPSA) is 61.9 Å². The molecular weight excluding hydrogens is 360 g/mol. The van der Waals surface area contributed by atoms with E-state index in [0.717, 1.165) is 84.5 Å². The van der Waals surface area contributed by atoms with Crippen LogP contribution in [0.3, 0.4) is 0 Å². The number of hydrogen-bond donors (Lipinski definition) is 2. The Kier molecular flexibility index (Phi) is 4.87. The van der Waals surface area contributed by atoms with Crippen molar-refractivity contribution in [3.05, 3.63) is 71.8 Å². The normalized spacial score (nSPS) is 16.4. The third kappa shape index (κ3) is 3.56. The number of furan rings is 1. The van der Waals surface area contributed by atoms with Gasteiger partial charge in [-0.25, -0.2) is 0 Å². The molecule has 2 N–H and O–H groups in total. The molecule has 146 valence electrons. The third-order valence-electron chi connectivity index (χ3n) is 5.30.